The highest BCUT2D eigenvalue weighted by molar-refractivity contribution is 7.47. The molecule has 0 aliphatic rings. The van der Waals surface area contributed by atoms with Crippen LogP contribution < -0.4 is 0 Å². The average Bonchev–Trinajstić information content (AvgIpc) is 3.25. The summed E-state index contributed by atoms with van der Waals surface area (Å²) in [6.45, 7) is 4.36. The van der Waals surface area contributed by atoms with Crippen LogP contribution in [0.15, 0.2) is 72.9 Å². The second-order valence-corrected chi connectivity index (χ2v) is 17.5. The summed E-state index contributed by atoms with van der Waals surface area (Å²) in [4.78, 5) is 35.1. The number of hydrogen-bond donors (Lipinski definition) is 5. The number of ether oxygens (including phenoxy) is 2. The molecule has 0 saturated heterocycles. The summed E-state index contributed by atoms with van der Waals surface area (Å²) in [6.07, 6.45) is 40.8. The fraction of sp³-hybridized carbons (Fsp3) is 0.714. The van der Waals surface area contributed by atoms with Crippen molar-refractivity contribution in [2.45, 2.75) is 193 Å². The molecule has 6 atom stereocenters. The normalized spacial score (nSPS) is 15.9. The smallest absolute Gasteiger partial charge is 0.462 e. The number of phosphoric acid groups is 1. The van der Waals surface area contributed by atoms with Gasteiger partial charge in [-0.2, -0.15) is 0 Å². The molecular weight excluding hydrogens is 812 g/mol. The molecule has 0 saturated carbocycles. The predicted octanol–water partition coefficient (Wildman–Crippen LogP) is 10.6. The van der Waals surface area contributed by atoms with Crippen LogP contribution in [0.2, 0.25) is 0 Å². The number of allylic oxidation sites excluding steroid dienone is 8. The fourth-order valence-electron chi connectivity index (χ4n) is 6.05. The number of aliphatic hydroxyl groups is 4. The zero-order valence-electron chi connectivity index (χ0n) is 38.4. The van der Waals surface area contributed by atoms with Gasteiger partial charge in [-0.15, -0.1) is 0 Å². The van der Waals surface area contributed by atoms with Gasteiger partial charge in [-0.25, -0.2) is 4.57 Å². The first kappa shape index (κ1) is 59.3. The largest absolute Gasteiger partial charge is 0.472 e. The Morgan fingerprint density at radius 3 is 1.68 bits per heavy atom. The summed E-state index contributed by atoms with van der Waals surface area (Å²) < 4.78 is 32.6. The molecule has 0 radical (unpaired) electrons. The molecule has 0 aromatic heterocycles. The topological polar surface area (TPSA) is 189 Å². The van der Waals surface area contributed by atoms with Crippen molar-refractivity contribution in [2.24, 2.45) is 5.92 Å². The van der Waals surface area contributed by atoms with E-state index in [4.69, 9.17) is 19.1 Å². The molecule has 0 aliphatic heterocycles. The number of esters is 2. The van der Waals surface area contributed by atoms with Gasteiger partial charge >= 0.3 is 19.8 Å². The number of carbonyl (C=O) groups is 2. The van der Waals surface area contributed by atoms with E-state index in [1.807, 2.05) is 43.4 Å². The molecule has 2 unspecified atom stereocenters. The zero-order valence-corrected chi connectivity index (χ0v) is 39.3. The number of unbranched alkanes of at least 4 members (excludes halogenated alkanes) is 13. The summed E-state index contributed by atoms with van der Waals surface area (Å²) in [5.41, 5.74) is 0. The van der Waals surface area contributed by atoms with Crippen LogP contribution in [0.3, 0.4) is 0 Å². The lowest BCUT2D eigenvalue weighted by Gasteiger charge is -2.20. The second kappa shape index (κ2) is 42.3. The first-order chi connectivity index (χ1) is 29.9. The predicted molar refractivity (Wildman–Crippen MR) is 249 cm³/mol. The van der Waals surface area contributed by atoms with Crippen molar-refractivity contribution in [3.63, 3.8) is 0 Å². The van der Waals surface area contributed by atoms with E-state index < -0.39 is 64.0 Å². The van der Waals surface area contributed by atoms with Gasteiger partial charge in [0.05, 0.1) is 32.0 Å². The molecule has 0 bridgehead atoms. The summed E-state index contributed by atoms with van der Waals surface area (Å²) >= 11 is 0. The SMILES string of the molecule is CC/C=C\C[C@H](O)/C=C/C=C\C=C\[C@H](O)C/C=C\C/C=C\CCC(=O)O[C@H](COC(=O)CCCCCCCCCCCCCCCCC(C)CC)COP(=O)(O)OC[C@@H](O)CO. The molecule has 0 rings (SSSR count). The van der Waals surface area contributed by atoms with Crippen LogP contribution in [0, 0.1) is 5.92 Å². The standard InChI is InChI=1S/C49H85O12P/c1-4-6-25-33-44(51)35-28-23-24-29-36-45(52)34-27-20-17-18-22-31-38-49(55)61-47(42-60-62(56,57)59-40-46(53)39-50)41-58-48(54)37-30-21-16-14-12-10-8-7-9-11-13-15-19-26-32-43(3)5-2/h6,18,20,22-25,27-29,35-36,43-47,50-53H,4-5,7-17,19,21,26,30-34,37-42H2,1-3H3,(H,56,57)/b22-18-,24-23-,25-6-,27-20-,35-28+,36-29+/t43?,44-,45+,46-,47+/m0/s1. The van der Waals surface area contributed by atoms with E-state index in [0.29, 0.717) is 32.1 Å². The highest BCUT2D eigenvalue weighted by Crippen LogP contribution is 2.43. The first-order valence-corrected chi connectivity index (χ1v) is 25.0. The zero-order chi connectivity index (χ0) is 45.9. The van der Waals surface area contributed by atoms with Crippen molar-refractivity contribution < 1.29 is 58.0 Å². The molecule has 13 heteroatoms. The van der Waals surface area contributed by atoms with E-state index in [1.165, 1.54) is 77.0 Å². The third-order valence-corrected chi connectivity index (χ3v) is 11.0. The minimum atomic E-state index is -4.67. The van der Waals surface area contributed by atoms with Gasteiger partial charge in [-0.1, -0.05) is 190 Å². The molecule has 0 amide bonds. The van der Waals surface area contributed by atoms with Crippen molar-refractivity contribution in [1.82, 2.24) is 0 Å². The van der Waals surface area contributed by atoms with Gasteiger partial charge in [-0.05, 0) is 44.4 Å². The van der Waals surface area contributed by atoms with Crippen molar-refractivity contribution in [3.8, 4) is 0 Å². The summed E-state index contributed by atoms with van der Waals surface area (Å²) in [5, 5.41) is 38.3. The first-order valence-electron chi connectivity index (χ1n) is 23.5. The van der Waals surface area contributed by atoms with Crippen molar-refractivity contribution in [3.05, 3.63) is 72.9 Å². The van der Waals surface area contributed by atoms with Crippen molar-refractivity contribution in [1.29, 1.82) is 0 Å². The maximum atomic E-state index is 12.6. The molecule has 358 valence electrons. The van der Waals surface area contributed by atoms with Crippen LogP contribution in [0.5, 0.6) is 0 Å². The number of phosphoric ester groups is 1. The third kappa shape index (κ3) is 41.3. The number of aliphatic hydroxyl groups excluding tert-OH is 4. The van der Waals surface area contributed by atoms with E-state index in [2.05, 4.69) is 18.4 Å². The van der Waals surface area contributed by atoms with Crippen molar-refractivity contribution >= 4 is 19.8 Å². The molecule has 0 fully saturated rings. The van der Waals surface area contributed by atoms with Gasteiger partial charge in [0.25, 0.3) is 0 Å². The Balaban J connectivity index is 4.48. The molecule has 0 spiro atoms. The van der Waals surface area contributed by atoms with Crippen LogP contribution in [0.1, 0.15) is 168 Å². The summed E-state index contributed by atoms with van der Waals surface area (Å²) in [6, 6.07) is 0. The van der Waals surface area contributed by atoms with E-state index in [0.717, 1.165) is 31.6 Å². The highest BCUT2D eigenvalue weighted by atomic mass is 31.2. The molecule has 62 heavy (non-hydrogen) atoms. The summed E-state index contributed by atoms with van der Waals surface area (Å²) in [5.74, 6) is -0.229. The Labute approximate surface area is 374 Å². The molecular formula is C49H85O12P. The summed E-state index contributed by atoms with van der Waals surface area (Å²) in [7, 11) is -4.67. The second-order valence-electron chi connectivity index (χ2n) is 16.1. The Hall–Kier alpha value is -2.67. The molecule has 0 aliphatic carbocycles. The van der Waals surface area contributed by atoms with Crippen LogP contribution >= 0.6 is 7.82 Å². The minimum absolute atomic E-state index is 0.000456. The van der Waals surface area contributed by atoms with Crippen LogP contribution in [0.4, 0.5) is 0 Å². The molecule has 12 nitrogen and oxygen atoms in total. The molecule has 0 aromatic carbocycles. The van der Waals surface area contributed by atoms with E-state index in [9.17, 15) is 34.4 Å². The quantitative estimate of drug-likeness (QED) is 0.0128. The third-order valence-electron chi connectivity index (χ3n) is 10.1. The van der Waals surface area contributed by atoms with E-state index >= 15 is 0 Å². The lowest BCUT2D eigenvalue weighted by Crippen LogP contribution is -2.29. The lowest BCUT2D eigenvalue weighted by molar-refractivity contribution is -0.161. The Morgan fingerprint density at radius 1 is 0.613 bits per heavy atom. The van der Waals surface area contributed by atoms with Crippen LogP contribution in [-0.2, 0) is 32.7 Å². The van der Waals surface area contributed by atoms with E-state index in [-0.39, 0.29) is 19.4 Å². The van der Waals surface area contributed by atoms with Gasteiger partial charge in [0, 0.05) is 12.8 Å². The average molecular weight is 897 g/mol. The van der Waals surface area contributed by atoms with Gasteiger partial charge in [0.15, 0.2) is 6.10 Å². The highest BCUT2D eigenvalue weighted by Gasteiger charge is 2.27. The maximum Gasteiger partial charge on any atom is 0.472 e. The molecule has 0 aromatic rings. The van der Waals surface area contributed by atoms with Gasteiger partial charge < -0.3 is 34.8 Å². The fourth-order valence-corrected chi connectivity index (χ4v) is 6.84. The molecule has 5 N–H and O–H groups in total. The van der Waals surface area contributed by atoms with Crippen molar-refractivity contribution in [2.75, 3.05) is 26.4 Å². The monoisotopic (exact) mass is 897 g/mol. The van der Waals surface area contributed by atoms with Gasteiger partial charge in [0.2, 0.25) is 0 Å². The van der Waals surface area contributed by atoms with E-state index in [1.54, 1.807) is 36.5 Å². The Bertz CT molecular complexity index is 1310. The maximum absolute atomic E-state index is 12.6. The number of hydrogen-bond acceptors (Lipinski definition) is 11. The number of carbonyl (C=O) groups excluding carboxylic acids is 2. The van der Waals surface area contributed by atoms with Gasteiger partial charge in [0.1, 0.15) is 12.7 Å². The number of rotatable bonds is 42. The Kier molecular flexibility index (Phi) is 40.5. The van der Waals surface area contributed by atoms with Crippen LogP contribution in [0.25, 0.3) is 0 Å². The minimum Gasteiger partial charge on any atom is -0.462 e. The Morgan fingerprint density at radius 2 is 1.13 bits per heavy atom. The van der Waals surface area contributed by atoms with Crippen LogP contribution in [-0.4, -0.2) is 88.1 Å². The lowest BCUT2D eigenvalue weighted by atomic mass is 9.99. The molecule has 0 heterocycles. The van der Waals surface area contributed by atoms with Gasteiger partial charge in [-0.3, -0.25) is 18.6 Å².